The summed E-state index contributed by atoms with van der Waals surface area (Å²) in [5.74, 6) is -0.814. The maximum atomic E-state index is 13.0. The van der Waals surface area contributed by atoms with Gasteiger partial charge in [-0.15, -0.1) is 0 Å². The molecule has 1 unspecified atom stereocenters. The number of carbonyl (C=O) groups excluding carboxylic acids is 3. The fraction of sp³-hybridized carbons (Fsp3) is 0.960. The fourth-order valence-corrected chi connectivity index (χ4v) is 12.0. The van der Waals surface area contributed by atoms with Crippen molar-refractivity contribution in [2.24, 2.45) is 0 Å². The van der Waals surface area contributed by atoms with Crippen molar-refractivity contribution >= 4 is 17.9 Å². The number of rotatable bonds is 71. The van der Waals surface area contributed by atoms with E-state index in [0.717, 1.165) is 57.8 Å². The lowest BCUT2D eigenvalue weighted by molar-refractivity contribution is -0.167. The van der Waals surface area contributed by atoms with Crippen LogP contribution in [0.5, 0.6) is 0 Å². The monoisotopic (exact) mass is 1140 g/mol. The highest BCUT2D eigenvalue weighted by Crippen LogP contribution is 2.20. The number of esters is 3. The molecule has 0 rings (SSSR count). The van der Waals surface area contributed by atoms with Crippen LogP contribution in [0.1, 0.15) is 445 Å². The van der Waals surface area contributed by atoms with Gasteiger partial charge in [0.25, 0.3) is 0 Å². The fourth-order valence-electron chi connectivity index (χ4n) is 12.0. The molecule has 6 nitrogen and oxygen atoms in total. The van der Waals surface area contributed by atoms with Gasteiger partial charge in [0, 0.05) is 19.3 Å². The Hall–Kier alpha value is -1.59. The summed E-state index contributed by atoms with van der Waals surface area (Å²) < 4.78 is 17.1. The van der Waals surface area contributed by atoms with Crippen LogP contribution in [0.2, 0.25) is 0 Å². The van der Waals surface area contributed by atoms with Crippen molar-refractivity contribution in [2.45, 2.75) is 451 Å². The smallest absolute Gasteiger partial charge is 0.306 e. The zero-order chi connectivity index (χ0) is 58.5. The highest BCUT2D eigenvalue weighted by Gasteiger charge is 2.20. The Bertz CT molecular complexity index is 1220. The molecule has 0 bridgehead atoms. The quantitative estimate of drug-likeness (QED) is 0.0343. The summed E-state index contributed by atoms with van der Waals surface area (Å²) in [6.45, 7) is 6.76. The average molecular weight is 1140 g/mol. The highest BCUT2D eigenvalue weighted by atomic mass is 16.6. The van der Waals surface area contributed by atoms with E-state index in [4.69, 9.17) is 14.2 Å². The standard InChI is InChI=1S/C75H146O6/c1-4-7-10-13-16-19-22-25-28-31-34-35-36-37-38-39-40-42-44-47-50-53-56-59-62-65-68-74(77)80-71-72(70-79-73(76)67-64-61-58-55-52-49-46-43-33-30-27-24-21-18-15-12-9-6-3)81-75(78)69-66-63-60-57-54-51-48-45-41-32-29-26-23-20-17-14-11-8-5-2/h72H,4-71H2,1-3H3. The molecule has 0 aromatic carbocycles. The van der Waals surface area contributed by atoms with Gasteiger partial charge in [-0.2, -0.15) is 0 Å². The van der Waals surface area contributed by atoms with Crippen LogP contribution >= 0.6 is 0 Å². The lowest BCUT2D eigenvalue weighted by Crippen LogP contribution is -2.30. The first-order chi connectivity index (χ1) is 40.0. The van der Waals surface area contributed by atoms with Gasteiger partial charge in [0.15, 0.2) is 6.10 Å². The molecule has 0 N–H and O–H groups in total. The van der Waals surface area contributed by atoms with E-state index in [9.17, 15) is 14.4 Å². The number of carbonyl (C=O) groups is 3. The van der Waals surface area contributed by atoms with Gasteiger partial charge in [0.1, 0.15) is 13.2 Å². The van der Waals surface area contributed by atoms with Crippen LogP contribution in [0, 0.1) is 0 Å². The zero-order valence-electron chi connectivity index (χ0n) is 55.6. The van der Waals surface area contributed by atoms with Crippen LogP contribution in [0.15, 0.2) is 0 Å². The minimum absolute atomic E-state index is 0.0598. The maximum Gasteiger partial charge on any atom is 0.306 e. The molecule has 0 aliphatic carbocycles. The molecule has 6 heteroatoms. The first-order valence-corrected chi connectivity index (χ1v) is 37.5. The molecule has 482 valence electrons. The van der Waals surface area contributed by atoms with Crippen molar-refractivity contribution in [1.82, 2.24) is 0 Å². The predicted octanol–water partition coefficient (Wildman–Crippen LogP) is 25.8. The molecular formula is C75H146O6. The molecule has 0 radical (unpaired) electrons. The Kier molecular flexibility index (Phi) is 69.5. The summed E-state index contributed by atoms with van der Waals surface area (Å²) in [4.78, 5) is 38.5. The molecule has 0 spiro atoms. The summed E-state index contributed by atoms with van der Waals surface area (Å²) in [6.07, 6.45) is 84.3. The first-order valence-electron chi connectivity index (χ1n) is 37.5. The van der Waals surface area contributed by atoms with Crippen molar-refractivity contribution in [2.75, 3.05) is 13.2 Å². The normalized spacial score (nSPS) is 11.9. The van der Waals surface area contributed by atoms with Crippen LogP contribution in [0.25, 0.3) is 0 Å². The van der Waals surface area contributed by atoms with Gasteiger partial charge in [-0.1, -0.05) is 406 Å². The van der Waals surface area contributed by atoms with Gasteiger partial charge in [0.05, 0.1) is 0 Å². The lowest BCUT2D eigenvalue weighted by Gasteiger charge is -2.18. The van der Waals surface area contributed by atoms with Gasteiger partial charge in [-0.3, -0.25) is 14.4 Å². The molecule has 0 saturated heterocycles. The third-order valence-electron chi connectivity index (χ3n) is 17.6. The zero-order valence-corrected chi connectivity index (χ0v) is 55.6. The molecule has 0 heterocycles. The summed E-state index contributed by atoms with van der Waals surface area (Å²) in [7, 11) is 0. The average Bonchev–Trinajstić information content (AvgIpc) is 3.47. The van der Waals surface area contributed by atoms with E-state index < -0.39 is 6.10 Å². The first kappa shape index (κ1) is 79.4. The van der Waals surface area contributed by atoms with Crippen molar-refractivity contribution < 1.29 is 28.6 Å². The third kappa shape index (κ3) is 69.1. The topological polar surface area (TPSA) is 78.9 Å². The Morgan fingerprint density at radius 1 is 0.198 bits per heavy atom. The van der Waals surface area contributed by atoms with Crippen molar-refractivity contribution in [3.63, 3.8) is 0 Å². The second-order valence-electron chi connectivity index (χ2n) is 25.9. The van der Waals surface area contributed by atoms with E-state index in [2.05, 4.69) is 20.8 Å². The molecular weight excluding hydrogens is 997 g/mol. The van der Waals surface area contributed by atoms with Crippen LogP contribution in [-0.4, -0.2) is 37.2 Å². The highest BCUT2D eigenvalue weighted by molar-refractivity contribution is 5.71. The van der Waals surface area contributed by atoms with E-state index in [1.165, 1.54) is 347 Å². The predicted molar refractivity (Wildman–Crippen MR) is 354 cm³/mol. The van der Waals surface area contributed by atoms with Crippen LogP contribution in [-0.2, 0) is 28.6 Å². The molecule has 0 aromatic rings. The summed E-state index contributed by atoms with van der Waals surface area (Å²) in [5.41, 5.74) is 0. The number of unbranched alkanes of at least 4 members (excludes halogenated alkanes) is 60. The Labute approximate surface area is 508 Å². The summed E-state index contributed by atoms with van der Waals surface area (Å²) in [5, 5.41) is 0. The number of hydrogen-bond donors (Lipinski definition) is 0. The van der Waals surface area contributed by atoms with Crippen molar-refractivity contribution in [3.05, 3.63) is 0 Å². The second kappa shape index (κ2) is 70.9. The Morgan fingerprint density at radius 2 is 0.333 bits per heavy atom. The van der Waals surface area contributed by atoms with Gasteiger partial charge in [-0.25, -0.2) is 0 Å². The molecule has 0 aromatic heterocycles. The van der Waals surface area contributed by atoms with Gasteiger partial charge in [0.2, 0.25) is 0 Å². The van der Waals surface area contributed by atoms with Gasteiger partial charge >= 0.3 is 17.9 Å². The van der Waals surface area contributed by atoms with Crippen LogP contribution < -0.4 is 0 Å². The third-order valence-corrected chi connectivity index (χ3v) is 17.6. The largest absolute Gasteiger partial charge is 0.462 e. The van der Waals surface area contributed by atoms with Gasteiger partial charge in [-0.05, 0) is 19.3 Å². The minimum atomic E-state index is -0.764. The van der Waals surface area contributed by atoms with Crippen molar-refractivity contribution in [3.8, 4) is 0 Å². The van der Waals surface area contributed by atoms with E-state index >= 15 is 0 Å². The maximum absolute atomic E-state index is 13.0. The summed E-state index contributed by atoms with van der Waals surface area (Å²) in [6, 6.07) is 0. The van der Waals surface area contributed by atoms with E-state index in [0.29, 0.717) is 19.3 Å². The Balaban J connectivity index is 4.22. The molecule has 0 amide bonds. The Morgan fingerprint density at radius 3 is 0.494 bits per heavy atom. The molecule has 0 fully saturated rings. The van der Waals surface area contributed by atoms with E-state index in [1.807, 2.05) is 0 Å². The van der Waals surface area contributed by atoms with Gasteiger partial charge < -0.3 is 14.2 Å². The lowest BCUT2D eigenvalue weighted by atomic mass is 10.0. The van der Waals surface area contributed by atoms with Crippen LogP contribution in [0.4, 0.5) is 0 Å². The second-order valence-corrected chi connectivity index (χ2v) is 25.9. The van der Waals surface area contributed by atoms with E-state index in [-0.39, 0.29) is 31.1 Å². The SMILES string of the molecule is CCCCCCCCCCCCCCCCCCCCCCCCCCCCC(=O)OCC(COC(=O)CCCCCCCCCCCCCCCCCCCC)OC(=O)CCCCCCCCCCCCCCCCCCCCC. The molecule has 0 aliphatic rings. The molecule has 1 atom stereocenters. The molecule has 81 heavy (non-hydrogen) atoms. The molecule has 0 saturated carbocycles. The minimum Gasteiger partial charge on any atom is -0.462 e. The molecule has 0 aliphatic heterocycles. The van der Waals surface area contributed by atoms with Crippen LogP contribution in [0.3, 0.4) is 0 Å². The summed E-state index contributed by atoms with van der Waals surface area (Å²) >= 11 is 0. The number of hydrogen-bond acceptors (Lipinski definition) is 6. The van der Waals surface area contributed by atoms with E-state index in [1.54, 1.807) is 0 Å². The van der Waals surface area contributed by atoms with Crippen molar-refractivity contribution in [1.29, 1.82) is 0 Å². The number of ether oxygens (including phenoxy) is 3.